The number of rotatable bonds is 10. The molecule has 0 radical (unpaired) electrons. The highest BCUT2D eigenvalue weighted by Crippen LogP contribution is 2.12. The lowest BCUT2D eigenvalue weighted by molar-refractivity contribution is -0.141. The van der Waals surface area contributed by atoms with Crippen molar-refractivity contribution in [2.45, 2.75) is 26.7 Å². The van der Waals surface area contributed by atoms with Crippen LogP contribution in [0.3, 0.4) is 0 Å². The van der Waals surface area contributed by atoms with Gasteiger partial charge < -0.3 is 14.8 Å². The molecule has 0 heterocycles. The van der Waals surface area contributed by atoms with Gasteiger partial charge in [-0.2, -0.15) is 0 Å². The third-order valence-electron chi connectivity index (χ3n) is 4.00. The number of carbonyl (C=O) groups excluding carboxylic acids is 3. The summed E-state index contributed by atoms with van der Waals surface area (Å²) in [5.41, 5.74) is 2.05. The van der Waals surface area contributed by atoms with Gasteiger partial charge >= 0.3 is 5.97 Å². The first-order valence-electron chi connectivity index (χ1n) is 9.32. The second-order valence-corrected chi connectivity index (χ2v) is 6.17. The summed E-state index contributed by atoms with van der Waals surface area (Å²) < 4.78 is 10.3. The van der Waals surface area contributed by atoms with E-state index in [4.69, 9.17) is 9.47 Å². The lowest BCUT2D eigenvalue weighted by atomic mass is 10.1. The number of carbonyl (C=O) groups is 3. The van der Waals surface area contributed by atoms with Crippen LogP contribution in [-0.4, -0.2) is 37.4 Å². The molecule has 1 amide bonds. The Hall–Kier alpha value is -3.15. The van der Waals surface area contributed by atoms with E-state index in [0.717, 1.165) is 18.4 Å². The van der Waals surface area contributed by atoms with Gasteiger partial charge in [0, 0.05) is 11.1 Å². The smallest absolute Gasteiger partial charge is 0.325 e. The molecule has 0 aromatic heterocycles. The van der Waals surface area contributed by atoms with E-state index in [1.165, 1.54) is 0 Å². The zero-order valence-corrected chi connectivity index (χ0v) is 16.2. The van der Waals surface area contributed by atoms with Crippen LogP contribution >= 0.6 is 0 Å². The predicted molar refractivity (Wildman–Crippen MR) is 106 cm³/mol. The van der Waals surface area contributed by atoms with Crippen LogP contribution in [0.2, 0.25) is 0 Å². The molecule has 0 aliphatic heterocycles. The maximum Gasteiger partial charge on any atom is 0.325 e. The van der Waals surface area contributed by atoms with Gasteiger partial charge in [-0.05, 0) is 43.2 Å². The first-order chi connectivity index (χ1) is 13.5. The van der Waals surface area contributed by atoms with Gasteiger partial charge in [-0.15, -0.1) is 0 Å². The van der Waals surface area contributed by atoms with Gasteiger partial charge in [0.15, 0.2) is 12.4 Å². The summed E-state index contributed by atoms with van der Waals surface area (Å²) in [5, 5.41) is 2.47. The van der Waals surface area contributed by atoms with E-state index in [0.29, 0.717) is 23.5 Å². The van der Waals surface area contributed by atoms with Crippen molar-refractivity contribution in [3.05, 3.63) is 65.2 Å². The Morgan fingerprint density at radius 2 is 1.54 bits per heavy atom. The average molecular weight is 383 g/mol. The highest BCUT2D eigenvalue weighted by Gasteiger charge is 2.12. The Labute approximate surface area is 164 Å². The fourth-order valence-electron chi connectivity index (χ4n) is 2.55. The van der Waals surface area contributed by atoms with Crippen molar-refractivity contribution in [2.75, 3.05) is 19.8 Å². The molecular formula is C22H25NO5. The van der Waals surface area contributed by atoms with Crippen LogP contribution in [0.5, 0.6) is 5.75 Å². The Kier molecular flexibility index (Phi) is 8.21. The Balaban J connectivity index is 1.75. The lowest BCUT2D eigenvalue weighted by Gasteiger charge is -2.08. The molecule has 0 unspecified atom stereocenters. The topological polar surface area (TPSA) is 81.7 Å². The standard InChI is InChI=1S/C22H25NO5/c1-3-5-16-6-8-17(9-7-16)20(24)15-28-21(25)14-23-22(26)18-10-12-19(13-11-18)27-4-2/h6-13H,3-5,14-15H2,1-2H3,(H,23,26). The molecule has 2 aromatic rings. The predicted octanol–water partition coefficient (Wildman–Crippen LogP) is 3.19. The van der Waals surface area contributed by atoms with Crippen LogP contribution in [0.15, 0.2) is 48.5 Å². The number of esters is 1. The van der Waals surface area contributed by atoms with Crippen LogP contribution in [0.4, 0.5) is 0 Å². The quantitative estimate of drug-likeness (QED) is 0.503. The van der Waals surface area contributed by atoms with Crippen molar-refractivity contribution < 1.29 is 23.9 Å². The van der Waals surface area contributed by atoms with E-state index in [9.17, 15) is 14.4 Å². The maximum atomic E-state index is 12.1. The molecule has 0 atom stereocenters. The number of Topliss-reactive ketones (excluding diaryl/α,β-unsaturated/α-hetero) is 1. The largest absolute Gasteiger partial charge is 0.494 e. The monoisotopic (exact) mass is 383 g/mol. The molecule has 0 fully saturated rings. The number of aryl methyl sites for hydroxylation is 1. The van der Waals surface area contributed by atoms with Crippen molar-refractivity contribution >= 4 is 17.7 Å². The summed E-state index contributed by atoms with van der Waals surface area (Å²) >= 11 is 0. The van der Waals surface area contributed by atoms with Gasteiger partial charge in [0.05, 0.1) is 6.61 Å². The summed E-state index contributed by atoms with van der Waals surface area (Å²) in [6.07, 6.45) is 1.99. The highest BCUT2D eigenvalue weighted by molar-refractivity contribution is 5.98. The first kappa shape index (κ1) is 21.2. The fourth-order valence-corrected chi connectivity index (χ4v) is 2.55. The number of ketones is 1. The number of ether oxygens (including phenoxy) is 2. The molecule has 6 heteroatoms. The third-order valence-corrected chi connectivity index (χ3v) is 4.00. The molecule has 148 valence electrons. The molecule has 0 aliphatic carbocycles. The van der Waals surface area contributed by atoms with E-state index in [1.807, 2.05) is 19.1 Å². The third kappa shape index (κ3) is 6.54. The summed E-state index contributed by atoms with van der Waals surface area (Å²) in [4.78, 5) is 35.9. The molecule has 0 spiro atoms. The number of amides is 1. The van der Waals surface area contributed by atoms with Gasteiger partial charge in [0.25, 0.3) is 5.91 Å². The summed E-state index contributed by atoms with van der Waals surface area (Å²) in [5.74, 6) is -0.693. The second-order valence-electron chi connectivity index (χ2n) is 6.17. The summed E-state index contributed by atoms with van der Waals surface area (Å²) in [6.45, 7) is 3.84. The van der Waals surface area contributed by atoms with Crippen LogP contribution < -0.4 is 10.1 Å². The van der Waals surface area contributed by atoms with Crippen LogP contribution in [0, 0.1) is 0 Å². The van der Waals surface area contributed by atoms with Crippen LogP contribution in [-0.2, 0) is 16.0 Å². The minimum atomic E-state index is -0.671. The maximum absolute atomic E-state index is 12.1. The minimum Gasteiger partial charge on any atom is -0.494 e. The van der Waals surface area contributed by atoms with Gasteiger partial charge in [0.1, 0.15) is 12.3 Å². The Morgan fingerprint density at radius 1 is 0.893 bits per heavy atom. The molecule has 2 rings (SSSR count). The molecular weight excluding hydrogens is 358 g/mol. The molecule has 2 aromatic carbocycles. The van der Waals surface area contributed by atoms with Crippen LogP contribution in [0.1, 0.15) is 46.5 Å². The molecule has 0 saturated heterocycles. The average Bonchev–Trinajstić information content (AvgIpc) is 2.72. The van der Waals surface area contributed by atoms with Gasteiger partial charge in [-0.3, -0.25) is 14.4 Å². The fraction of sp³-hybridized carbons (Fsp3) is 0.318. The Morgan fingerprint density at radius 3 is 2.14 bits per heavy atom. The number of nitrogens with one attached hydrogen (secondary N) is 1. The van der Waals surface area contributed by atoms with Crippen molar-refractivity contribution in [1.29, 1.82) is 0 Å². The second kappa shape index (κ2) is 10.9. The normalized spacial score (nSPS) is 10.2. The Bertz CT molecular complexity index is 729. The minimum absolute atomic E-state index is 0.283. The van der Waals surface area contributed by atoms with Crippen LogP contribution in [0.25, 0.3) is 0 Å². The molecule has 1 N–H and O–H groups in total. The van der Waals surface area contributed by atoms with E-state index in [1.54, 1.807) is 36.4 Å². The van der Waals surface area contributed by atoms with Crippen molar-refractivity contribution in [3.8, 4) is 5.75 Å². The molecule has 6 nitrogen and oxygen atoms in total. The first-order valence-corrected chi connectivity index (χ1v) is 9.32. The summed E-state index contributed by atoms with van der Waals surface area (Å²) in [6, 6.07) is 13.8. The highest BCUT2D eigenvalue weighted by atomic mass is 16.5. The SMILES string of the molecule is CCCc1ccc(C(=O)COC(=O)CNC(=O)c2ccc(OCC)cc2)cc1. The van der Waals surface area contributed by atoms with E-state index in [2.05, 4.69) is 12.2 Å². The molecule has 0 aliphatic rings. The van der Waals surface area contributed by atoms with Crippen molar-refractivity contribution in [2.24, 2.45) is 0 Å². The van der Waals surface area contributed by atoms with E-state index >= 15 is 0 Å². The van der Waals surface area contributed by atoms with E-state index < -0.39 is 11.9 Å². The van der Waals surface area contributed by atoms with Crippen molar-refractivity contribution in [1.82, 2.24) is 5.32 Å². The van der Waals surface area contributed by atoms with Crippen molar-refractivity contribution in [3.63, 3.8) is 0 Å². The van der Waals surface area contributed by atoms with Gasteiger partial charge in [-0.1, -0.05) is 37.6 Å². The molecule has 28 heavy (non-hydrogen) atoms. The number of benzene rings is 2. The van der Waals surface area contributed by atoms with Gasteiger partial charge in [-0.25, -0.2) is 0 Å². The molecule has 0 bridgehead atoms. The number of hydrogen-bond acceptors (Lipinski definition) is 5. The van der Waals surface area contributed by atoms with E-state index in [-0.39, 0.29) is 18.9 Å². The molecule has 0 saturated carbocycles. The number of hydrogen-bond donors (Lipinski definition) is 1. The lowest BCUT2D eigenvalue weighted by Crippen LogP contribution is -2.31. The van der Waals surface area contributed by atoms with Gasteiger partial charge in [0.2, 0.25) is 0 Å². The zero-order valence-electron chi connectivity index (χ0n) is 16.2. The zero-order chi connectivity index (χ0) is 20.4. The summed E-state index contributed by atoms with van der Waals surface area (Å²) in [7, 11) is 0.